The van der Waals surface area contributed by atoms with Crippen molar-refractivity contribution in [2.24, 2.45) is 5.92 Å². The Kier molecular flexibility index (Phi) is 3.74. The van der Waals surface area contributed by atoms with Gasteiger partial charge in [-0.15, -0.1) is 0 Å². The first-order valence-electron chi connectivity index (χ1n) is 6.41. The van der Waals surface area contributed by atoms with Crippen LogP contribution >= 0.6 is 0 Å². The first kappa shape index (κ1) is 13.4. The Labute approximate surface area is 112 Å². The number of imidazole rings is 1. The standard InChI is InChI=1S/C14H19N3O2/c1-4-10(14(18)19)8-17(3)11-5-6-12-13(7-11)16-9(2)15-12/h5-7,10H,4,8H2,1-3H3,(H,15,16)(H,18,19). The maximum atomic E-state index is 11.1. The van der Waals surface area contributed by atoms with E-state index in [-0.39, 0.29) is 5.92 Å². The Balaban J connectivity index is 2.20. The number of hydrogen-bond donors (Lipinski definition) is 2. The van der Waals surface area contributed by atoms with Gasteiger partial charge in [0.25, 0.3) is 0 Å². The Bertz CT molecular complexity index is 591. The van der Waals surface area contributed by atoms with Crippen LogP contribution in [0.4, 0.5) is 5.69 Å². The number of carboxylic acids is 1. The zero-order valence-corrected chi connectivity index (χ0v) is 11.5. The molecule has 5 nitrogen and oxygen atoms in total. The van der Waals surface area contributed by atoms with Crippen LogP contribution < -0.4 is 4.90 Å². The molecule has 102 valence electrons. The van der Waals surface area contributed by atoms with Crippen LogP contribution in [0.1, 0.15) is 19.2 Å². The molecule has 19 heavy (non-hydrogen) atoms. The van der Waals surface area contributed by atoms with Gasteiger partial charge in [-0.25, -0.2) is 4.98 Å². The van der Waals surface area contributed by atoms with Crippen molar-refractivity contribution in [2.75, 3.05) is 18.5 Å². The normalized spacial score (nSPS) is 12.6. The Morgan fingerprint density at radius 1 is 1.53 bits per heavy atom. The summed E-state index contributed by atoms with van der Waals surface area (Å²) in [5.74, 6) is -0.205. The first-order valence-corrected chi connectivity index (χ1v) is 6.41. The quantitative estimate of drug-likeness (QED) is 0.867. The number of benzene rings is 1. The third kappa shape index (κ3) is 2.86. The molecule has 0 amide bonds. The number of fused-ring (bicyclic) bond motifs is 1. The van der Waals surface area contributed by atoms with Crippen molar-refractivity contribution in [1.82, 2.24) is 9.97 Å². The molecule has 0 aliphatic rings. The number of anilines is 1. The van der Waals surface area contributed by atoms with Crippen molar-refractivity contribution in [3.63, 3.8) is 0 Å². The SMILES string of the molecule is CCC(CN(C)c1ccc2nc(C)[nH]c2c1)C(=O)O. The van der Waals surface area contributed by atoms with E-state index in [1.807, 2.05) is 44.0 Å². The highest BCUT2D eigenvalue weighted by molar-refractivity contribution is 5.80. The van der Waals surface area contributed by atoms with Crippen molar-refractivity contribution in [2.45, 2.75) is 20.3 Å². The molecule has 0 saturated carbocycles. The van der Waals surface area contributed by atoms with Crippen LogP contribution in [-0.4, -0.2) is 34.6 Å². The number of hydrogen-bond acceptors (Lipinski definition) is 3. The van der Waals surface area contributed by atoms with E-state index in [9.17, 15) is 4.79 Å². The minimum absolute atomic E-state index is 0.343. The average molecular weight is 261 g/mol. The molecule has 5 heteroatoms. The fourth-order valence-corrected chi connectivity index (χ4v) is 2.18. The van der Waals surface area contributed by atoms with Gasteiger partial charge in [0.2, 0.25) is 0 Å². The summed E-state index contributed by atoms with van der Waals surface area (Å²) in [6.07, 6.45) is 0.630. The predicted octanol–water partition coefficient (Wildman–Crippen LogP) is 2.42. The minimum Gasteiger partial charge on any atom is -0.481 e. The number of nitrogens with one attached hydrogen (secondary N) is 1. The summed E-state index contributed by atoms with van der Waals surface area (Å²) in [6, 6.07) is 5.92. The lowest BCUT2D eigenvalue weighted by Crippen LogP contribution is -2.29. The molecule has 0 spiro atoms. The first-order chi connectivity index (χ1) is 9.01. The fraction of sp³-hybridized carbons (Fsp3) is 0.429. The lowest BCUT2D eigenvalue weighted by atomic mass is 10.1. The van der Waals surface area contributed by atoms with Gasteiger partial charge in [0.1, 0.15) is 5.82 Å². The molecule has 2 N–H and O–H groups in total. The third-order valence-electron chi connectivity index (χ3n) is 3.36. The number of aromatic amines is 1. The van der Waals surface area contributed by atoms with Gasteiger partial charge in [-0.3, -0.25) is 4.79 Å². The molecule has 1 unspecified atom stereocenters. The van der Waals surface area contributed by atoms with Gasteiger partial charge in [0.15, 0.2) is 0 Å². The van der Waals surface area contributed by atoms with Gasteiger partial charge >= 0.3 is 5.97 Å². The number of aliphatic carboxylic acids is 1. The summed E-state index contributed by atoms with van der Waals surface area (Å²) >= 11 is 0. The van der Waals surface area contributed by atoms with Crippen molar-refractivity contribution < 1.29 is 9.90 Å². The molecule has 1 aromatic carbocycles. The molecule has 1 heterocycles. The van der Waals surface area contributed by atoms with Crippen LogP contribution in [0.25, 0.3) is 11.0 Å². The Morgan fingerprint density at radius 2 is 2.26 bits per heavy atom. The number of nitrogens with zero attached hydrogens (tertiary/aromatic N) is 2. The summed E-state index contributed by atoms with van der Waals surface area (Å²) < 4.78 is 0. The van der Waals surface area contributed by atoms with E-state index in [0.717, 1.165) is 22.5 Å². The lowest BCUT2D eigenvalue weighted by Gasteiger charge is -2.22. The van der Waals surface area contributed by atoms with Crippen LogP contribution in [0.3, 0.4) is 0 Å². The number of carbonyl (C=O) groups is 1. The highest BCUT2D eigenvalue weighted by Gasteiger charge is 2.17. The van der Waals surface area contributed by atoms with Crippen LogP contribution in [0.5, 0.6) is 0 Å². The number of carboxylic acid groups (broad SMARTS) is 1. The van der Waals surface area contributed by atoms with E-state index in [0.29, 0.717) is 13.0 Å². The van der Waals surface area contributed by atoms with Gasteiger partial charge in [-0.05, 0) is 31.5 Å². The average Bonchev–Trinajstić information content (AvgIpc) is 2.74. The highest BCUT2D eigenvalue weighted by atomic mass is 16.4. The molecule has 0 saturated heterocycles. The molecule has 0 aliphatic carbocycles. The second kappa shape index (κ2) is 5.30. The molecule has 0 bridgehead atoms. The Hall–Kier alpha value is -2.04. The largest absolute Gasteiger partial charge is 0.481 e. The van der Waals surface area contributed by atoms with E-state index in [1.165, 1.54) is 0 Å². The van der Waals surface area contributed by atoms with Crippen molar-refractivity contribution in [3.05, 3.63) is 24.0 Å². The van der Waals surface area contributed by atoms with Crippen molar-refractivity contribution in [1.29, 1.82) is 0 Å². The van der Waals surface area contributed by atoms with E-state index in [4.69, 9.17) is 5.11 Å². The van der Waals surface area contributed by atoms with Crippen LogP contribution in [0, 0.1) is 12.8 Å². The summed E-state index contributed by atoms with van der Waals surface area (Å²) in [4.78, 5) is 20.6. The zero-order chi connectivity index (χ0) is 14.0. The lowest BCUT2D eigenvalue weighted by molar-refractivity contribution is -0.141. The number of H-pyrrole nitrogens is 1. The summed E-state index contributed by atoms with van der Waals surface area (Å²) in [5, 5.41) is 9.10. The number of aromatic nitrogens is 2. The second-order valence-corrected chi connectivity index (χ2v) is 4.85. The smallest absolute Gasteiger partial charge is 0.308 e. The molecule has 1 atom stereocenters. The highest BCUT2D eigenvalue weighted by Crippen LogP contribution is 2.21. The topological polar surface area (TPSA) is 69.2 Å². The minimum atomic E-state index is -0.743. The second-order valence-electron chi connectivity index (χ2n) is 4.85. The monoisotopic (exact) mass is 261 g/mol. The van der Waals surface area contributed by atoms with E-state index >= 15 is 0 Å². The summed E-state index contributed by atoms with van der Waals surface area (Å²) in [6.45, 7) is 4.32. The maximum absolute atomic E-state index is 11.1. The third-order valence-corrected chi connectivity index (χ3v) is 3.36. The van der Waals surface area contributed by atoms with Gasteiger partial charge in [-0.2, -0.15) is 0 Å². The van der Waals surface area contributed by atoms with Gasteiger partial charge in [0.05, 0.1) is 17.0 Å². The molecular formula is C14H19N3O2. The van der Waals surface area contributed by atoms with Crippen LogP contribution in [0.2, 0.25) is 0 Å². The molecule has 2 rings (SSSR count). The molecular weight excluding hydrogens is 242 g/mol. The van der Waals surface area contributed by atoms with E-state index in [2.05, 4.69) is 9.97 Å². The number of aryl methyl sites for hydroxylation is 1. The molecule has 0 aliphatic heterocycles. The number of rotatable bonds is 5. The summed E-state index contributed by atoms with van der Waals surface area (Å²) in [5.41, 5.74) is 2.90. The zero-order valence-electron chi connectivity index (χ0n) is 11.5. The van der Waals surface area contributed by atoms with Crippen molar-refractivity contribution in [3.8, 4) is 0 Å². The molecule has 0 radical (unpaired) electrons. The predicted molar refractivity (Wildman–Crippen MR) is 75.5 cm³/mol. The molecule has 2 aromatic rings. The fourth-order valence-electron chi connectivity index (χ4n) is 2.18. The van der Waals surface area contributed by atoms with Crippen LogP contribution in [-0.2, 0) is 4.79 Å². The van der Waals surface area contributed by atoms with Gasteiger partial charge in [0, 0.05) is 19.3 Å². The Morgan fingerprint density at radius 3 is 2.89 bits per heavy atom. The van der Waals surface area contributed by atoms with Gasteiger partial charge in [-0.1, -0.05) is 6.92 Å². The van der Waals surface area contributed by atoms with E-state index in [1.54, 1.807) is 0 Å². The van der Waals surface area contributed by atoms with Gasteiger partial charge < -0.3 is 15.0 Å². The molecule has 1 aromatic heterocycles. The van der Waals surface area contributed by atoms with E-state index < -0.39 is 5.97 Å². The summed E-state index contributed by atoms with van der Waals surface area (Å²) in [7, 11) is 1.91. The maximum Gasteiger partial charge on any atom is 0.308 e. The molecule has 0 fully saturated rings. The van der Waals surface area contributed by atoms with Crippen LogP contribution in [0.15, 0.2) is 18.2 Å². The van der Waals surface area contributed by atoms with Crippen molar-refractivity contribution >= 4 is 22.7 Å².